The lowest BCUT2D eigenvalue weighted by Gasteiger charge is -2.18. The molecule has 1 atom stereocenters. The lowest BCUT2D eigenvalue weighted by molar-refractivity contribution is -0.121. The van der Waals surface area contributed by atoms with E-state index < -0.39 is 0 Å². The van der Waals surface area contributed by atoms with Gasteiger partial charge in [-0.2, -0.15) is 5.10 Å². The van der Waals surface area contributed by atoms with Crippen LogP contribution in [0.3, 0.4) is 0 Å². The van der Waals surface area contributed by atoms with Crippen molar-refractivity contribution in [2.45, 2.75) is 39.3 Å². The molecule has 2 heterocycles. The first-order chi connectivity index (χ1) is 13.0. The van der Waals surface area contributed by atoms with Crippen LogP contribution in [0.4, 0.5) is 0 Å². The van der Waals surface area contributed by atoms with Gasteiger partial charge in [0.25, 0.3) is 0 Å². The predicted molar refractivity (Wildman–Crippen MR) is 108 cm³/mol. The van der Waals surface area contributed by atoms with E-state index >= 15 is 0 Å². The number of halogens is 1. The highest BCUT2D eigenvalue weighted by atomic mass is 35.5. The largest absolute Gasteiger partial charge is 0.354 e. The molecule has 0 bridgehead atoms. The number of nitrogens with zero attached hydrogens (tertiary/aromatic N) is 3. The molecule has 27 heavy (non-hydrogen) atoms. The fraction of sp³-hybridized carbons (Fsp3) is 0.333. The van der Waals surface area contributed by atoms with Gasteiger partial charge in [0.05, 0.1) is 12.2 Å². The Hall–Kier alpha value is -2.53. The van der Waals surface area contributed by atoms with E-state index in [9.17, 15) is 4.79 Å². The molecule has 0 aliphatic carbocycles. The van der Waals surface area contributed by atoms with E-state index in [1.54, 1.807) is 0 Å². The molecule has 0 aliphatic rings. The normalized spacial score (nSPS) is 12.1. The van der Waals surface area contributed by atoms with Crippen molar-refractivity contribution in [3.05, 3.63) is 76.8 Å². The number of rotatable bonds is 8. The van der Waals surface area contributed by atoms with E-state index in [-0.39, 0.29) is 11.8 Å². The molecule has 0 aliphatic heterocycles. The highest BCUT2D eigenvalue weighted by molar-refractivity contribution is 6.30. The summed E-state index contributed by atoms with van der Waals surface area (Å²) < 4.78 is 4.02. The Kier molecular flexibility index (Phi) is 6.35. The lowest BCUT2D eigenvalue weighted by Crippen LogP contribution is -2.29. The Balaban J connectivity index is 1.59. The smallest absolute Gasteiger partial charge is 0.220 e. The third-order valence-electron chi connectivity index (χ3n) is 4.62. The van der Waals surface area contributed by atoms with Crippen molar-refractivity contribution in [3.63, 3.8) is 0 Å². The van der Waals surface area contributed by atoms with E-state index in [4.69, 9.17) is 11.6 Å². The molecule has 2 aromatic heterocycles. The fourth-order valence-electron chi connectivity index (χ4n) is 3.27. The SMILES string of the molecule is Cc1cc(C)n(CCNC(=O)CC(Cn2cccc2)c2ccc(Cl)cc2)n1. The van der Waals surface area contributed by atoms with Crippen molar-refractivity contribution >= 4 is 17.5 Å². The van der Waals surface area contributed by atoms with E-state index in [2.05, 4.69) is 15.0 Å². The van der Waals surface area contributed by atoms with Crippen molar-refractivity contribution < 1.29 is 4.79 Å². The molecule has 5 nitrogen and oxygen atoms in total. The number of benzene rings is 1. The lowest BCUT2D eigenvalue weighted by atomic mass is 9.95. The Morgan fingerprint density at radius 1 is 1.19 bits per heavy atom. The average Bonchev–Trinajstić information content (AvgIpc) is 3.24. The second-order valence-corrected chi connectivity index (χ2v) is 7.27. The summed E-state index contributed by atoms with van der Waals surface area (Å²) in [5, 5.41) is 8.15. The number of carbonyl (C=O) groups is 1. The first-order valence-electron chi connectivity index (χ1n) is 9.15. The molecule has 0 fully saturated rings. The van der Waals surface area contributed by atoms with Gasteiger partial charge in [0.15, 0.2) is 0 Å². The van der Waals surface area contributed by atoms with Crippen LogP contribution in [-0.2, 0) is 17.9 Å². The van der Waals surface area contributed by atoms with Gasteiger partial charge < -0.3 is 9.88 Å². The van der Waals surface area contributed by atoms with E-state index in [0.717, 1.165) is 23.5 Å². The Labute approximate surface area is 165 Å². The van der Waals surface area contributed by atoms with Gasteiger partial charge in [0.2, 0.25) is 5.91 Å². The van der Waals surface area contributed by atoms with Crippen LogP contribution in [0.25, 0.3) is 0 Å². The molecule has 0 radical (unpaired) electrons. The summed E-state index contributed by atoms with van der Waals surface area (Å²) in [5.41, 5.74) is 3.21. The van der Waals surface area contributed by atoms with Gasteiger partial charge in [-0.15, -0.1) is 0 Å². The van der Waals surface area contributed by atoms with Gasteiger partial charge in [0.1, 0.15) is 0 Å². The summed E-state index contributed by atoms with van der Waals surface area (Å²) in [6.45, 7) is 5.99. The first kappa shape index (κ1) is 19.2. The minimum Gasteiger partial charge on any atom is -0.354 e. The zero-order valence-electron chi connectivity index (χ0n) is 15.7. The van der Waals surface area contributed by atoms with Crippen molar-refractivity contribution in [2.75, 3.05) is 6.54 Å². The van der Waals surface area contributed by atoms with E-state index in [1.807, 2.05) is 73.4 Å². The van der Waals surface area contributed by atoms with Gasteiger partial charge in [0, 0.05) is 48.5 Å². The number of aromatic nitrogens is 3. The second kappa shape index (κ2) is 8.91. The molecule has 1 aromatic carbocycles. The highest BCUT2D eigenvalue weighted by Crippen LogP contribution is 2.23. The van der Waals surface area contributed by atoms with Crippen LogP contribution < -0.4 is 5.32 Å². The average molecular weight is 385 g/mol. The summed E-state index contributed by atoms with van der Waals surface area (Å²) in [7, 11) is 0. The van der Waals surface area contributed by atoms with Crippen molar-refractivity contribution in [1.29, 1.82) is 0 Å². The molecule has 1 N–H and O–H groups in total. The van der Waals surface area contributed by atoms with Crippen molar-refractivity contribution in [2.24, 2.45) is 0 Å². The van der Waals surface area contributed by atoms with Crippen LogP contribution in [0, 0.1) is 13.8 Å². The van der Waals surface area contributed by atoms with Crippen molar-refractivity contribution in [1.82, 2.24) is 19.7 Å². The van der Waals surface area contributed by atoms with Crippen LogP contribution in [0.1, 0.15) is 29.3 Å². The number of hydrogen-bond acceptors (Lipinski definition) is 2. The number of hydrogen-bond donors (Lipinski definition) is 1. The third-order valence-corrected chi connectivity index (χ3v) is 4.87. The maximum absolute atomic E-state index is 12.5. The van der Waals surface area contributed by atoms with E-state index in [1.165, 1.54) is 0 Å². The Bertz CT molecular complexity index is 868. The molecule has 3 rings (SSSR count). The number of carbonyl (C=O) groups excluding carboxylic acids is 1. The monoisotopic (exact) mass is 384 g/mol. The quantitative estimate of drug-likeness (QED) is 0.639. The zero-order valence-corrected chi connectivity index (χ0v) is 16.5. The van der Waals surface area contributed by atoms with Gasteiger partial charge in [-0.1, -0.05) is 23.7 Å². The molecular formula is C21H25ClN4O. The molecule has 1 unspecified atom stereocenters. The standard InChI is InChI=1S/C21H25ClN4O/c1-16-13-17(2)26(24-16)12-9-23-21(27)14-19(15-25-10-3-4-11-25)18-5-7-20(22)8-6-18/h3-8,10-11,13,19H,9,12,14-15H2,1-2H3,(H,23,27). The van der Waals surface area contributed by atoms with Gasteiger partial charge >= 0.3 is 0 Å². The molecule has 3 aromatic rings. The molecular weight excluding hydrogens is 360 g/mol. The fourth-order valence-corrected chi connectivity index (χ4v) is 3.39. The minimum absolute atomic E-state index is 0.0450. The Morgan fingerprint density at radius 2 is 1.89 bits per heavy atom. The molecule has 0 saturated carbocycles. The van der Waals surface area contributed by atoms with Crippen LogP contribution in [0.5, 0.6) is 0 Å². The van der Waals surface area contributed by atoms with Crippen LogP contribution in [0.15, 0.2) is 54.9 Å². The maximum Gasteiger partial charge on any atom is 0.220 e. The molecule has 6 heteroatoms. The summed E-state index contributed by atoms with van der Waals surface area (Å²) in [6.07, 6.45) is 4.46. The number of aryl methyl sites for hydroxylation is 2. The van der Waals surface area contributed by atoms with Gasteiger partial charge in [-0.25, -0.2) is 0 Å². The van der Waals surface area contributed by atoms with Crippen molar-refractivity contribution in [3.8, 4) is 0 Å². The van der Waals surface area contributed by atoms with Crippen LogP contribution >= 0.6 is 11.6 Å². The van der Waals surface area contributed by atoms with Crippen LogP contribution in [-0.4, -0.2) is 26.8 Å². The molecule has 142 valence electrons. The third kappa shape index (κ3) is 5.47. The molecule has 1 amide bonds. The minimum atomic E-state index is 0.0450. The first-order valence-corrected chi connectivity index (χ1v) is 9.53. The number of amides is 1. The van der Waals surface area contributed by atoms with Gasteiger partial charge in [-0.3, -0.25) is 9.48 Å². The Morgan fingerprint density at radius 3 is 2.52 bits per heavy atom. The summed E-state index contributed by atoms with van der Waals surface area (Å²) >= 11 is 6.01. The zero-order chi connectivity index (χ0) is 19.2. The second-order valence-electron chi connectivity index (χ2n) is 6.83. The highest BCUT2D eigenvalue weighted by Gasteiger charge is 2.17. The predicted octanol–water partition coefficient (Wildman–Crippen LogP) is 3.95. The summed E-state index contributed by atoms with van der Waals surface area (Å²) in [5.74, 6) is 0.131. The molecule has 0 saturated heterocycles. The molecule has 0 spiro atoms. The maximum atomic E-state index is 12.5. The number of nitrogens with one attached hydrogen (secondary N) is 1. The van der Waals surface area contributed by atoms with Crippen LogP contribution in [0.2, 0.25) is 5.02 Å². The van der Waals surface area contributed by atoms with Gasteiger partial charge in [-0.05, 0) is 49.7 Å². The topological polar surface area (TPSA) is 51.9 Å². The van der Waals surface area contributed by atoms with E-state index in [0.29, 0.717) is 24.5 Å². The summed E-state index contributed by atoms with van der Waals surface area (Å²) in [4.78, 5) is 12.5. The summed E-state index contributed by atoms with van der Waals surface area (Å²) in [6, 6.07) is 13.8.